The molecule has 0 spiro atoms. The van der Waals surface area contributed by atoms with Gasteiger partial charge in [0.2, 0.25) is 0 Å². The molecular formula is C16H17N5. The van der Waals surface area contributed by atoms with Gasteiger partial charge in [0.05, 0.1) is 11.9 Å². The number of aromatic nitrogens is 4. The molecule has 0 bridgehead atoms. The number of imidazole rings is 1. The van der Waals surface area contributed by atoms with Gasteiger partial charge in [0.1, 0.15) is 11.6 Å². The summed E-state index contributed by atoms with van der Waals surface area (Å²) in [6, 6.07) is 6.01. The van der Waals surface area contributed by atoms with Gasteiger partial charge in [0.15, 0.2) is 0 Å². The van der Waals surface area contributed by atoms with Crippen molar-refractivity contribution in [3.63, 3.8) is 0 Å². The van der Waals surface area contributed by atoms with Crippen molar-refractivity contribution < 1.29 is 0 Å². The summed E-state index contributed by atoms with van der Waals surface area (Å²) in [6.45, 7) is 4.78. The predicted octanol–water partition coefficient (Wildman–Crippen LogP) is 2.89. The monoisotopic (exact) mass is 279 g/mol. The van der Waals surface area contributed by atoms with E-state index in [9.17, 15) is 0 Å². The molecule has 0 amide bonds. The summed E-state index contributed by atoms with van der Waals surface area (Å²) < 4.78 is 1.95. The van der Waals surface area contributed by atoms with E-state index in [-0.39, 0.29) is 0 Å². The van der Waals surface area contributed by atoms with Crippen LogP contribution in [0.4, 0.5) is 5.69 Å². The summed E-state index contributed by atoms with van der Waals surface area (Å²) >= 11 is 0. The molecule has 3 rings (SSSR count). The molecule has 0 aliphatic carbocycles. The number of hydrogen-bond donors (Lipinski definition) is 1. The summed E-state index contributed by atoms with van der Waals surface area (Å²) in [7, 11) is 0. The van der Waals surface area contributed by atoms with Crippen LogP contribution in [0.2, 0.25) is 0 Å². The van der Waals surface area contributed by atoms with Crippen LogP contribution in [-0.4, -0.2) is 19.5 Å². The SMILES string of the molecule is Cc1ccncc1CNc1ccc(-n2ccnc2C)nc1. The minimum atomic E-state index is 0.741. The Balaban J connectivity index is 1.71. The lowest BCUT2D eigenvalue weighted by Gasteiger charge is -2.09. The standard InChI is InChI=1S/C16H17N5/c1-12-5-6-17-9-14(12)10-19-15-3-4-16(20-11-15)21-8-7-18-13(21)2/h3-9,11,19H,10H2,1-2H3. The molecule has 0 fully saturated rings. The molecule has 21 heavy (non-hydrogen) atoms. The number of hydrogen-bond acceptors (Lipinski definition) is 4. The Hall–Kier alpha value is -2.69. The molecule has 3 heterocycles. The maximum atomic E-state index is 4.46. The third-order valence-electron chi connectivity index (χ3n) is 3.45. The van der Waals surface area contributed by atoms with Crippen LogP contribution in [0, 0.1) is 13.8 Å². The topological polar surface area (TPSA) is 55.6 Å². The molecule has 0 aliphatic heterocycles. The third-order valence-corrected chi connectivity index (χ3v) is 3.45. The van der Waals surface area contributed by atoms with Crippen LogP contribution >= 0.6 is 0 Å². The first-order chi connectivity index (χ1) is 10.2. The highest BCUT2D eigenvalue weighted by atomic mass is 15.1. The fourth-order valence-corrected chi connectivity index (χ4v) is 2.13. The van der Waals surface area contributed by atoms with E-state index in [1.54, 1.807) is 6.20 Å². The summed E-state index contributed by atoms with van der Waals surface area (Å²) in [5.41, 5.74) is 3.41. The molecule has 106 valence electrons. The quantitative estimate of drug-likeness (QED) is 0.798. The van der Waals surface area contributed by atoms with Crippen molar-refractivity contribution in [3.8, 4) is 5.82 Å². The third kappa shape index (κ3) is 2.91. The van der Waals surface area contributed by atoms with Gasteiger partial charge in [0.25, 0.3) is 0 Å². The van der Waals surface area contributed by atoms with Crippen LogP contribution < -0.4 is 5.32 Å². The van der Waals surface area contributed by atoms with E-state index in [1.807, 2.05) is 54.5 Å². The van der Waals surface area contributed by atoms with E-state index in [0.29, 0.717) is 0 Å². The predicted molar refractivity (Wildman–Crippen MR) is 82.4 cm³/mol. The van der Waals surface area contributed by atoms with Gasteiger partial charge in [-0.15, -0.1) is 0 Å². The minimum absolute atomic E-state index is 0.741. The first-order valence-electron chi connectivity index (χ1n) is 6.84. The van der Waals surface area contributed by atoms with E-state index in [2.05, 4.69) is 27.2 Å². The molecule has 0 saturated carbocycles. The van der Waals surface area contributed by atoms with Crippen LogP contribution in [0.25, 0.3) is 5.82 Å². The summed E-state index contributed by atoms with van der Waals surface area (Å²) in [5.74, 6) is 1.79. The van der Waals surface area contributed by atoms with E-state index in [4.69, 9.17) is 0 Å². The number of rotatable bonds is 4. The highest BCUT2D eigenvalue weighted by Gasteiger charge is 2.02. The number of nitrogens with one attached hydrogen (secondary N) is 1. The number of pyridine rings is 2. The van der Waals surface area contributed by atoms with Gasteiger partial charge >= 0.3 is 0 Å². The molecule has 3 aromatic rings. The molecule has 0 saturated heterocycles. The zero-order valence-electron chi connectivity index (χ0n) is 12.1. The fraction of sp³-hybridized carbons (Fsp3) is 0.188. The van der Waals surface area contributed by atoms with Gasteiger partial charge < -0.3 is 5.32 Å². The second-order valence-corrected chi connectivity index (χ2v) is 4.91. The molecule has 1 N–H and O–H groups in total. The summed E-state index contributed by atoms with van der Waals surface area (Å²) in [4.78, 5) is 12.8. The van der Waals surface area contributed by atoms with E-state index in [1.165, 1.54) is 11.1 Å². The van der Waals surface area contributed by atoms with Crippen molar-refractivity contribution in [2.45, 2.75) is 20.4 Å². The molecule has 0 atom stereocenters. The van der Waals surface area contributed by atoms with Crippen LogP contribution in [0.5, 0.6) is 0 Å². The first-order valence-corrected chi connectivity index (χ1v) is 6.84. The van der Waals surface area contributed by atoms with Crippen molar-refractivity contribution >= 4 is 5.69 Å². The van der Waals surface area contributed by atoms with Gasteiger partial charge in [-0.2, -0.15) is 0 Å². The molecule has 0 aliphatic rings. The molecular weight excluding hydrogens is 262 g/mol. The van der Waals surface area contributed by atoms with Crippen molar-refractivity contribution in [2.24, 2.45) is 0 Å². The van der Waals surface area contributed by atoms with Gasteiger partial charge in [0, 0.05) is 31.3 Å². The van der Waals surface area contributed by atoms with E-state index < -0.39 is 0 Å². The van der Waals surface area contributed by atoms with Crippen molar-refractivity contribution in [1.29, 1.82) is 0 Å². The maximum absolute atomic E-state index is 4.46. The smallest absolute Gasteiger partial charge is 0.138 e. The Labute approximate surface area is 123 Å². The van der Waals surface area contributed by atoms with Crippen LogP contribution in [-0.2, 0) is 6.54 Å². The van der Waals surface area contributed by atoms with Crippen LogP contribution in [0.3, 0.4) is 0 Å². The molecule has 0 aromatic carbocycles. The number of aryl methyl sites for hydroxylation is 2. The fourth-order valence-electron chi connectivity index (χ4n) is 2.13. The lowest BCUT2D eigenvalue weighted by molar-refractivity contribution is 0.932. The number of nitrogens with zero attached hydrogens (tertiary/aromatic N) is 4. The lowest BCUT2D eigenvalue weighted by atomic mass is 10.1. The van der Waals surface area contributed by atoms with Crippen molar-refractivity contribution in [2.75, 3.05) is 5.32 Å². The maximum Gasteiger partial charge on any atom is 0.138 e. The van der Waals surface area contributed by atoms with Gasteiger partial charge in [-0.1, -0.05) is 0 Å². The zero-order valence-corrected chi connectivity index (χ0v) is 12.1. The van der Waals surface area contributed by atoms with E-state index in [0.717, 1.165) is 23.9 Å². The summed E-state index contributed by atoms with van der Waals surface area (Å²) in [6.07, 6.45) is 9.21. The minimum Gasteiger partial charge on any atom is -0.380 e. The molecule has 0 radical (unpaired) electrons. The Bertz CT molecular complexity index is 730. The Morgan fingerprint density at radius 1 is 1.05 bits per heavy atom. The normalized spacial score (nSPS) is 10.6. The van der Waals surface area contributed by atoms with Gasteiger partial charge in [-0.05, 0) is 43.2 Å². The average molecular weight is 279 g/mol. The van der Waals surface area contributed by atoms with E-state index >= 15 is 0 Å². The van der Waals surface area contributed by atoms with Crippen molar-refractivity contribution in [1.82, 2.24) is 19.5 Å². The molecule has 5 nitrogen and oxygen atoms in total. The Morgan fingerprint density at radius 3 is 2.62 bits per heavy atom. The van der Waals surface area contributed by atoms with Crippen LogP contribution in [0.15, 0.2) is 49.2 Å². The second-order valence-electron chi connectivity index (χ2n) is 4.91. The van der Waals surface area contributed by atoms with Crippen molar-refractivity contribution in [3.05, 3.63) is 66.1 Å². The highest BCUT2D eigenvalue weighted by molar-refractivity contribution is 5.44. The van der Waals surface area contributed by atoms with Crippen LogP contribution in [0.1, 0.15) is 17.0 Å². The lowest BCUT2D eigenvalue weighted by Crippen LogP contribution is -2.03. The Morgan fingerprint density at radius 2 is 1.95 bits per heavy atom. The second kappa shape index (κ2) is 5.75. The average Bonchev–Trinajstić information content (AvgIpc) is 2.93. The number of anilines is 1. The highest BCUT2D eigenvalue weighted by Crippen LogP contribution is 2.13. The molecule has 0 unspecified atom stereocenters. The summed E-state index contributed by atoms with van der Waals surface area (Å²) in [5, 5.41) is 3.36. The Kier molecular flexibility index (Phi) is 3.64. The van der Waals surface area contributed by atoms with Gasteiger partial charge in [-0.25, -0.2) is 9.97 Å². The molecule has 5 heteroatoms. The molecule has 3 aromatic heterocycles. The van der Waals surface area contributed by atoms with Gasteiger partial charge in [-0.3, -0.25) is 9.55 Å². The largest absolute Gasteiger partial charge is 0.380 e. The zero-order chi connectivity index (χ0) is 14.7. The first kappa shape index (κ1) is 13.3.